The molecule has 2 N–H and O–H groups in total. The summed E-state index contributed by atoms with van der Waals surface area (Å²) < 4.78 is 0. The lowest BCUT2D eigenvalue weighted by molar-refractivity contribution is 0.0693. The number of phenols is 1. The Bertz CT molecular complexity index is 1190. The van der Waals surface area contributed by atoms with E-state index in [1.807, 2.05) is 12.2 Å². The molecule has 4 nitrogen and oxygen atoms in total. The van der Waals surface area contributed by atoms with E-state index in [1.165, 1.54) is 34.2 Å². The summed E-state index contributed by atoms with van der Waals surface area (Å²) in [5.74, 6) is -1.37. The van der Waals surface area contributed by atoms with E-state index in [0.717, 1.165) is 11.3 Å². The molecular formula is C25H23NO3. The highest BCUT2D eigenvalue weighted by molar-refractivity contribution is 5.95. The van der Waals surface area contributed by atoms with Gasteiger partial charge in [-0.05, 0) is 46.2 Å². The highest BCUT2D eigenvalue weighted by atomic mass is 16.4. The smallest absolute Gasteiger partial charge is 0.339 e. The van der Waals surface area contributed by atoms with E-state index in [0.29, 0.717) is 0 Å². The summed E-state index contributed by atoms with van der Waals surface area (Å²) in [6, 6.07) is 17.3. The van der Waals surface area contributed by atoms with Gasteiger partial charge in [-0.3, -0.25) is 0 Å². The Morgan fingerprint density at radius 2 is 1.83 bits per heavy atom. The van der Waals surface area contributed by atoms with Crippen LogP contribution in [0.25, 0.3) is 16.8 Å². The van der Waals surface area contributed by atoms with E-state index < -0.39 is 5.97 Å². The van der Waals surface area contributed by atoms with Crippen molar-refractivity contribution in [2.24, 2.45) is 0 Å². The summed E-state index contributed by atoms with van der Waals surface area (Å²) in [5.41, 5.74) is 4.13. The molecule has 3 aromatic rings. The average molecular weight is 385 g/mol. The monoisotopic (exact) mass is 385 g/mol. The third-order valence-electron chi connectivity index (χ3n) is 5.69. The standard InChI is InChI=1S/C25H23NO3/c1-25(2)22(10-6-7-16-11-14-21(27)19(15-16)24(28)29)26(3)20-13-12-17-8-4-5-9-18(17)23(20)25/h4-15,27H,1-3H3,(H,28,29)/b7-6+,22-10+. The zero-order valence-corrected chi connectivity index (χ0v) is 16.7. The number of benzene rings is 3. The van der Waals surface area contributed by atoms with Crippen molar-refractivity contribution in [3.63, 3.8) is 0 Å². The maximum Gasteiger partial charge on any atom is 0.339 e. The largest absolute Gasteiger partial charge is 0.507 e. The molecule has 1 heterocycles. The first-order valence-corrected chi connectivity index (χ1v) is 9.52. The van der Waals surface area contributed by atoms with Gasteiger partial charge >= 0.3 is 5.97 Å². The minimum Gasteiger partial charge on any atom is -0.507 e. The molecule has 0 saturated carbocycles. The number of aromatic carboxylic acids is 1. The van der Waals surface area contributed by atoms with Crippen molar-refractivity contribution in [2.45, 2.75) is 19.3 Å². The zero-order chi connectivity index (χ0) is 20.8. The third-order valence-corrected chi connectivity index (χ3v) is 5.69. The summed E-state index contributed by atoms with van der Waals surface area (Å²) in [5, 5.41) is 21.3. The van der Waals surface area contributed by atoms with Gasteiger partial charge in [0.15, 0.2) is 0 Å². The number of carbonyl (C=O) groups is 1. The molecule has 0 atom stereocenters. The van der Waals surface area contributed by atoms with Crippen molar-refractivity contribution >= 4 is 28.5 Å². The molecule has 0 spiro atoms. The predicted molar refractivity (Wildman–Crippen MR) is 118 cm³/mol. The van der Waals surface area contributed by atoms with Gasteiger partial charge in [-0.15, -0.1) is 0 Å². The van der Waals surface area contributed by atoms with Gasteiger partial charge < -0.3 is 15.1 Å². The first kappa shape index (κ1) is 18.8. The first-order valence-electron chi connectivity index (χ1n) is 9.52. The van der Waals surface area contributed by atoms with E-state index >= 15 is 0 Å². The van der Waals surface area contributed by atoms with Gasteiger partial charge in [-0.2, -0.15) is 0 Å². The van der Waals surface area contributed by atoms with Gasteiger partial charge in [-0.1, -0.05) is 62.4 Å². The average Bonchev–Trinajstić information content (AvgIpc) is 2.89. The molecular weight excluding hydrogens is 362 g/mol. The molecule has 29 heavy (non-hydrogen) atoms. The summed E-state index contributed by atoms with van der Waals surface area (Å²) in [6.07, 6.45) is 5.85. The molecule has 4 heteroatoms. The quantitative estimate of drug-likeness (QED) is 0.619. The number of anilines is 1. The van der Waals surface area contributed by atoms with Crippen LogP contribution in [0.2, 0.25) is 0 Å². The van der Waals surface area contributed by atoms with Crippen LogP contribution < -0.4 is 4.90 Å². The number of likely N-dealkylation sites (N-methyl/N-ethyl adjacent to an activating group) is 1. The Labute approximate surface area is 170 Å². The van der Waals surface area contributed by atoms with Crippen molar-refractivity contribution < 1.29 is 15.0 Å². The predicted octanol–water partition coefficient (Wildman–Crippen LogP) is 5.57. The van der Waals surface area contributed by atoms with Crippen molar-refractivity contribution in [3.8, 4) is 5.75 Å². The van der Waals surface area contributed by atoms with Crippen LogP contribution in [0.1, 0.15) is 35.3 Å². The van der Waals surface area contributed by atoms with Gasteiger partial charge in [0.25, 0.3) is 0 Å². The molecule has 0 radical (unpaired) electrons. The maximum absolute atomic E-state index is 11.2. The van der Waals surface area contributed by atoms with Crippen LogP contribution >= 0.6 is 0 Å². The Morgan fingerprint density at radius 3 is 2.59 bits per heavy atom. The summed E-state index contributed by atoms with van der Waals surface area (Å²) in [4.78, 5) is 13.4. The maximum atomic E-state index is 11.2. The lowest BCUT2D eigenvalue weighted by Gasteiger charge is -2.24. The van der Waals surface area contributed by atoms with Crippen LogP contribution in [-0.4, -0.2) is 23.2 Å². The van der Waals surface area contributed by atoms with Gasteiger partial charge in [0.1, 0.15) is 11.3 Å². The minimum atomic E-state index is -1.14. The molecule has 1 aliphatic heterocycles. The molecule has 3 aromatic carbocycles. The van der Waals surface area contributed by atoms with Crippen molar-refractivity contribution in [1.82, 2.24) is 0 Å². The second-order valence-electron chi connectivity index (χ2n) is 7.86. The van der Waals surface area contributed by atoms with Crippen LogP contribution in [0.5, 0.6) is 5.75 Å². The van der Waals surface area contributed by atoms with Gasteiger partial charge in [0.2, 0.25) is 0 Å². The second-order valence-corrected chi connectivity index (χ2v) is 7.86. The summed E-state index contributed by atoms with van der Waals surface area (Å²) in [7, 11) is 2.07. The molecule has 0 saturated heterocycles. The van der Waals surface area contributed by atoms with Crippen LogP contribution in [0.15, 0.2) is 72.4 Å². The van der Waals surface area contributed by atoms with E-state index in [-0.39, 0.29) is 16.7 Å². The second kappa shape index (κ2) is 6.82. The van der Waals surface area contributed by atoms with Gasteiger partial charge in [0, 0.05) is 23.8 Å². The molecule has 0 fully saturated rings. The lowest BCUT2D eigenvalue weighted by Crippen LogP contribution is -2.22. The number of fused-ring (bicyclic) bond motifs is 3. The number of carboxylic acids is 1. The normalized spacial score (nSPS) is 16.7. The Hall–Kier alpha value is -3.53. The van der Waals surface area contributed by atoms with E-state index in [9.17, 15) is 15.0 Å². The minimum absolute atomic E-state index is 0.100. The number of nitrogens with zero attached hydrogens (tertiary/aromatic N) is 1. The van der Waals surface area contributed by atoms with E-state index in [2.05, 4.69) is 68.3 Å². The van der Waals surface area contributed by atoms with Crippen molar-refractivity contribution in [1.29, 1.82) is 0 Å². The highest BCUT2D eigenvalue weighted by Crippen LogP contribution is 2.49. The fraction of sp³-hybridized carbons (Fsp3) is 0.160. The molecule has 0 bridgehead atoms. The zero-order valence-electron chi connectivity index (χ0n) is 16.7. The van der Waals surface area contributed by atoms with Gasteiger partial charge in [0.05, 0.1) is 0 Å². The first-order chi connectivity index (χ1) is 13.8. The fourth-order valence-corrected chi connectivity index (χ4v) is 4.27. The number of hydrogen-bond acceptors (Lipinski definition) is 3. The Kier molecular flexibility index (Phi) is 4.42. The SMILES string of the molecule is CN1/C(=C/C=C/c2ccc(O)c(C(=O)O)c2)C(C)(C)c2c1ccc1ccccc21. The molecule has 0 aliphatic carbocycles. The number of carboxylic acid groups (broad SMARTS) is 1. The molecule has 0 aromatic heterocycles. The van der Waals surface area contributed by atoms with Crippen LogP contribution in [0.4, 0.5) is 5.69 Å². The van der Waals surface area contributed by atoms with Gasteiger partial charge in [-0.25, -0.2) is 4.79 Å². The third kappa shape index (κ3) is 3.07. The van der Waals surface area contributed by atoms with Crippen molar-refractivity contribution in [2.75, 3.05) is 11.9 Å². The molecule has 146 valence electrons. The number of aromatic hydroxyl groups is 1. The molecule has 4 rings (SSSR count). The summed E-state index contributed by atoms with van der Waals surface area (Å²) >= 11 is 0. The molecule has 0 unspecified atom stereocenters. The van der Waals surface area contributed by atoms with Crippen molar-refractivity contribution in [3.05, 3.63) is 89.1 Å². The topological polar surface area (TPSA) is 60.8 Å². The van der Waals surface area contributed by atoms with E-state index in [4.69, 9.17) is 0 Å². The van der Waals surface area contributed by atoms with E-state index in [1.54, 1.807) is 6.07 Å². The van der Waals surface area contributed by atoms with Crippen LogP contribution in [0.3, 0.4) is 0 Å². The number of hydrogen-bond donors (Lipinski definition) is 2. The fourth-order valence-electron chi connectivity index (χ4n) is 4.27. The van der Waals surface area contributed by atoms with Crippen LogP contribution in [0, 0.1) is 0 Å². The number of rotatable bonds is 3. The number of allylic oxidation sites excluding steroid dienone is 3. The molecule has 0 amide bonds. The highest BCUT2D eigenvalue weighted by Gasteiger charge is 2.39. The Morgan fingerprint density at radius 1 is 1.07 bits per heavy atom. The molecule has 1 aliphatic rings. The summed E-state index contributed by atoms with van der Waals surface area (Å²) in [6.45, 7) is 4.45. The Balaban J connectivity index is 1.73. The van der Waals surface area contributed by atoms with Crippen LogP contribution in [-0.2, 0) is 5.41 Å². The lowest BCUT2D eigenvalue weighted by atomic mass is 9.81.